The van der Waals surface area contributed by atoms with Crippen molar-refractivity contribution in [1.82, 2.24) is 0 Å². The summed E-state index contributed by atoms with van der Waals surface area (Å²) in [5.41, 5.74) is 0. The third-order valence-electron chi connectivity index (χ3n) is 2.13. The molecule has 0 aliphatic rings. The van der Waals surface area contributed by atoms with Gasteiger partial charge in [-0.25, -0.2) is 0 Å². The smallest absolute Gasteiger partial charge is 0.0809 e. The van der Waals surface area contributed by atoms with Crippen molar-refractivity contribution < 1.29 is 19.3 Å². The van der Waals surface area contributed by atoms with E-state index in [0.717, 1.165) is 38.9 Å². The number of rotatable bonds is 11. The lowest BCUT2D eigenvalue weighted by atomic mass is 10.2. The summed E-state index contributed by atoms with van der Waals surface area (Å²) in [5, 5.41) is 8.71. The highest BCUT2D eigenvalue weighted by molar-refractivity contribution is 4.56. The number of hydrogen-bond acceptors (Lipinski definition) is 4. The Balaban J connectivity index is 3.38. The summed E-state index contributed by atoms with van der Waals surface area (Å²) in [6.07, 6.45) is 3.77. The summed E-state index contributed by atoms with van der Waals surface area (Å²) in [6, 6.07) is 0. The van der Waals surface area contributed by atoms with Gasteiger partial charge in [0, 0.05) is 34.0 Å². The van der Waals surface area contributed by atoms with E-state index < -0.39 is 0 Å². The van der Waals surface area contributed by atoms with Gasteiger partial charge in [-0.1, -0.05) is 0 Å². The average Bonchev–Trinajstić information content (AvgIpc) is 2.25. The monoisotopic (exact) mass is 220 g/mol. The van der Waals surface area contributed by atoms with Gasteiger partial charge in [-0.15, -0.1) is 0 Å². The van der Waals surface area contributed by atoms with Gasteiger partial charge in [0.1, 0.15) is 0 Å². The van der Waals surface area contributed by atoms with Gasteiger partial charge in [-0.2, -0.15) is 0 Å². The molecular formula is C11H24O4. The second kappa shape index (κ2) is 11.9. The first-order valence-electron chi connectivity index (χ1n) is 5.55. The summed E-state index contributed by atoms with van der Waals surface area (Å²) in [5.74, 6) is 0. The quantitative estimate of drug-likeness (QED) is 0.532. The zero-order valence-corrected chi connectivity index (χ0v) is 9.91. The van der Waals surface area contributed by atoms with Gasteiger partial charge < -0.3 is 19.3 Å². The predicted octanol–water partition coefficient (Wildman–Crippen LogP) is 1.22. The fourth-order valence-electron chi connectivity index (χ4n) is 1.32. The molecule has 0 aromatic carbocycles. The molecule has 4 heteroatoms. The van der Waals surface area contributed by atoms with E-state index in [0.29, 0.717) is 6.61 Å². The lowest BCUT2D eigenvalue weighted by molar-refractivity contribution is -0.0117. The van der Waals surface area contributed by atoms with Crippen molar-refractivity contribution in [2.75, 3.05) is 40.6 Å². The van der Waals surface area contributed by atoms with E-state index in [2.05, 4.69) is 0 Å². The van der Waals surface area contributed by atoms with Crippen molar-refractivity contribution in [1.29, 1.82) is 0 Å². The fourth-order valence-corrected chi connectivity index (χ4v) is 1.32. The summed E-state index contributed by atoms with van der Waals surface area (Å²) >= 11 is 0. The molecule has 0 rings (SSSR count). The molecule has 1 unspecified atom stereocenters. The Kier molecular flexibility index (Phi) is 11.8. The zero-order valence-electron chi connectivity index (χ0n) is 9.91. The van der Waals surface area contributed by atoms with E-state index in [9.17, 15) is 0 Å². The van der Waals surface area contributed by atoms with E-state index in [1.165, 1.54) is 0 Å². The largest absolute Gasteiger partial charge is 0.396 e. The standard InChI is InChI=1S/C11H24O4/c1-13-8-3-4-9-15-11(10-14-2)6-5-7-12/h11-12H,3-10H2,1-2H3. The van der Waals surface area contributed by atoms with Crippen molar-refractivity contribution in [3.05, 3.63) is 0 Å². The summed E-state index contributed by atoms with van der Waals surface area (Å²) in [6.45, 7) is 2.34. The molecular weight excluding hydrogens is 196 g/mol. The normalized spacial score (nSPS) is 13.0. The van der Waals surface area contributed by atoms with Gasteiger partial charge in [0.2, 0.25) is 0 Å². The minimum atomic E-state index is 0.115. The number of unbranched alkanes of at least 4 members (excludes halogenated alkanes) is 1. The third kappa shape index (κ3) is 10.1. The lowest BCUT2D eigenvalue weighted by Crippen LogP contribution is -2.20. The third-order valence-corrected chi connectivity index (χ3v) is 2.13. The molecule has 0 aliphatic carbocycles. The Labute approximate surface area is 92.5 Å². The Morgan fingerprint density at radius 3 is 2.33 bits per heavy atom. The van der Waals surface area contributed by atoms with Gasteiger partial charge >= 0.3 is 0 Å². The Hall–Kier alpha value is -0.160. The first-order chi connectivity index (χ1) is 7.35. The number of hydrogen-bond donors (Lipinski definition) is 1. The molecule has 0 aromatic heterocycles. The molecule has 0 aromatic rings. The maximum absolute atomic E-state index is 8.71. The van der Waals surface area contributed by atoms with Gasteiger partial charge in [0.05, 0.1) is 12.7 Å². The van der Waals surface area contributed by atoms with Gasteiger partial charge in [0.25, 0.3) is 0 Å². The molecule has 0 bridgehead atoms. The molecule has 0 spiro atoms. The van der Waals surface area contributed by atoms with Gasteiger partial charge in [-0.3, -0.25) is 0 Å². The summed E-state index contributed by atoms with van der Waals surface area (Å²) in [7, 11) is 3.37. The van der Waals surface area contributed by atoms with Crippen LogP contribution in [0, 0.1) is 0 Å². The second-order valence-corrected chi connectivity index (χ2v) is 3.51. The van der Waals surface area contributed by atoms with Crippen molar-refractivity contribution in [2.45, 2.75) is 31.8 Å². The highest BCUT2D eigenvalue weighted by Crippen LogP contribution is 2.04. The van der Waals surface area contributed by atoms with E-state index in [4.69, 9.17) is 19.3 Å². The maximum atomic E-state index is 8.71. The first-order valence-corrected chi connectivity index (χ1v) is 5.55. The second-order valence-electron chi connectivity index (χ2n) is 3.51. The van der Waals surface area contributed by atoms with Crippen LogP contribution in [-0.4, -0.2) is 51.9 Å². The van der Waals surface area contributed by atoms with Crippen LogP contribution in [0.2, 0.25) is 0 Å². The van der Waals surface area contributed by atoms with E-state index in [1.807, 2.05) is 0 Å². The molecule has 4 nitrogen and oxygen atoms in total. The molecule has 0 fully saturated rings. The first kappa shape index (κ1) is 14.8. The van der Waals surface area contributed by atoms with Crippen LogP contribution in [0.4, 0.5) is 0 Å². The molecule has 15 heavy (non-hydrogen) atoms. The molecule has 1 atom stereocenters. The average molecular weight is 220 g/mol. The van der Waals surface area contributed by atoms with Crippen LogP contribution in [0.25, 0.3) is 0 Å². The lowest BCUT2D eigenvalue weighted by Gasteiger charge is -2.16. The minimum Gasteiger partial charge on any atom is -0.396 e. The summed E-state index contributed by atoms with van der Waals surface area (Å²) < 4.78 is 15.6. The van der Waals surface area contributed by atoms with Gasteiger partial charge in [-0.05, 0) is 25.7 Å². The van der Waals surface area contributed by atoms with E-state index in [-0.39, 0.29) is 12.7 Å². The van der Waals surface area contributed by atoms with Crippen LogP contribution in [0.5, 0.6) is 0 Å². The molecule has 0 saturated heterocycles. The van der Waals surface area contributed by atoms with Crippen LogP contribution < -0.4 is 0 Å². The van der Waals surface area contributed by atoms with Crippen LogP contribution >= 0.6 is 0 Å². The molecule has 92 valence electrons. The highest BCUT2D eigenvalue weighted by Gasteiger charge is 2.07. The Bertz CT molecular complexity index is 119. The summed E-state index contributed by atoms with van der Waals surface area (Å²) in [4.78, 5) is 0. The zero-order chi connectivity index (χ0) is 11.4. The number of aliphatic hydroxyl groups is 1. The van der Waals surface area contributed by atoms with E-state index in [1.54, 1.807) is 14.2 Å². The molecule has 0 radical (unpaired) electrons. The van der Waals surface area contributed by atoms with Crippen molar-refractivity contribution >= 4 is 0 Å². The van der Waals surface area contributed by atoms with Crippen LogP contribution in [0.3, 0.4) is 0 Å². The van der Waals surface area contributed by atoms with Crippen molar-refractivity contribution in [2.24, 2.45) is 0 Å². The minimum absolute atomic E-state index is 0.115. The van der Waals surface area contributed by atoms with Crippen LogP contribution in [-0.2, 0) is 14.2 Å². The Morgan fingerprint density at radius 2 is 1.73 bits per heavy atom. The molecule has 0 amide bonds. The fraction of sp³-hybridized carbons (Fsp3) is 1.00. The van der Waals surface area contributed by atoms with Gasteiger partial charge in [0.15, 0.2) is 0 Å². The van der Waals surface area contributed by atoms with Crippen LogP contribution in [0.1, 0.15) is 25.7 Å². The van der Waals surface area contributed by atoms with Crippen molar-refractivity contribution in [3.63, 3.8) is 0 Å². The van der Waals surface area contributed by atoms with Crippen molar-refractivity contribution in [3.8, 4) is 0 Å². The topological polar surface area (TPSA) is 47.9 Å². The molecule has 0 heterocycles. The number of methoxy groups -OCH3 is 2. The van der Waals surface area contributed by atoms with E-state index >= 15 is 0 Å². The maximum Gasteiger partial charge on any atom is 0.0809 e. The Morgan fingerprint density at radius 1 is 1.00 bits per heavy atom. The SMILES string of the molecule is COCCCCOC(CCCO)COC. The predicted molar refractivity (Wildman–Crippen MR) is 59.0 cm³/mol. The molecule has 0 saturated carbocycles. The van der Waals surface area contributed by atoms with Crippen LogP contribution in [0.15, 0.2) is 0 Å². The molecule has 0 aliphatic heterocycles. The number of ether oxygens (including phenoxy) is 3. The highest BCUT2D eigenvalue weighted by atomic mass is 16.5. The molecule has 1 N–H and O–H groups in total. The number of aliphatic hydroxyl groups excluding tert-OH is 1.